The van der Waals surface area contributed by atoms with Gasteiger partial charge in [-0.25, -0.2) is 0 Å². The number of hydrogen-bond donors (Lipinski definition) is 0. The van der Waals surface area contributed by atoms with Crippen molar-refractivity contribution in [3.63, 3.8) is 0 Å². The van der Waals surface area contributed by atoms with Gasteiger partial charge in [-0.3, -0.25) is 0 Å². The number of nitrogens with zero attached hydrogens (tertiary/aromatic N) is 1. The maximum Gasteiger partial charge on any atom is 0.0720 e. The van der Waals surface area contributed by atoms with Crippen LogP contribution < -0.4 is 4.90 Å². The van der Waals surface area contributed by atoms with Crippen LogP contribution in [0.15, 0.2) is 212 Å². The lowest BCUT2D eigenvalue weighted by atomic mass is 9.52. The van der Waals surface area contributed by atoms with E-state index in [9.17, 15) is 0 Å². The van der Waals surface area contributed by atoms with Crippen LogP contribution in [-0.4, -0.2) is 0 Å². The molecule has 0 bridgehead atoms. The van der Waals surface area contributed by atoms with Gasteiger partial charge in [0.25, 0.3) is 0 Å². The second-order valence-electron chi connectivity index (χ2n) is 17.5. The van der Waals surface area contributed by atoms with Gasteiger partial charge in [0.05, 0.1) is 10.8 Å². The summed E-state index contributed by atoms with van der Waals surface area (Å²) in [4.78, 5) is 2.48. The van der Waals surface area contributed by atoms with Crippen molar-refractivity contribution in [3.8, 4) is 33.4 Å². The molecular formula is C59H41N. The van der Waals surface area contributed by atoms with Crippen molar-refractivity contribution < 1.29 is 0 Å². The highest BCUT2D eigenvalue weighted by Crippen LogP contribution is 2.68. The Bertz CT molecular complexity index is 3170. The third-order valence-electron chi connectivity index (χ3n) is 14.5. The molecule has 0 aromatic heterocycles. The first-order valence-corrected chi connectivity index (χ1v) is 21.3. The molecule has 13 rings (SSSR count). The molecule has 0 heterocycles. The second kappa shape index (κ2) is 11.9. The summed E-state index contributed by atoms with van der Waals surface area (Å²) in [5.41, 5.74) is 23.7. The average Bonchev–Trinajstić information content (AvgIpc) is 3.86. The van der Waals surface area contributed by atoms with E-state index in [1.54, 1.807) is 0 Å². The van der Waals surface area contributed by atoms with Gasteiger partial charge >= 0.3 is 0 Å². The number of para-hydroxylation sites is 1. The first kappa shape index (κ1) is 33.7. The summed E-state index contributed by atoms with van der Waals surface area (Å²) in [6, 6.07) is 80.5. The third kappa shape index (κ3) is 4.03. The fraction of sp³-hybridized carbons (Fsp3) is 0.0847. The minimum atomic E-state index is -0.559. The molecule has 0 fully saturated rings. The van der Waals surface area contributed by atoms with Gasteiger partial charge in [-0.2, -0.15) is 0 Å². The van der Waals surface area contributed by atoms with Crippen LogP contribution >= 0.6 is 0 Å². The fourth-order valence-corrected chi connectivity index (χ4v) is 12.2. The molecule has 0 N–H and O–H groups in total. The lowest BCUT2D eigenvalue weighted by Crippen LogP contribution is -2.43. The maximum atomic E-state index is 2.56. The van der Waals surface area contributed by atoms with Gasteiger partial charge < -0.3 is 4.90 Å². The van der Waals surface area contributed by atoms with E-state index in [2.05, 4.69) is 231 Å². The van der Waals surface area contributed by atoms with Gasteiger partial charge in [-0.05, 0) is 125 Å². The highest BCUT2D eigenvalue weighted by Gasteiger charge is 2.59. The lowest BCUT2D eigenvalue weighted by Gasteiger charge is -2.49. The monoisotopic (exact) mass is 763 g/mol. The summed E-state index contributed by atoms with van der Waals surface area (Å²) in [7, 11) is 0. The quantitative estimate of drug-likeness (QED) is 0.173. The summed E-state index contributed by atoms with van der Waals surface area (Å²) >= 11 is 0. The van der Waals surface area contributed by atoms with Gasteiger partial charge in [0.2, 0.25) is 0 Å². The lowest BCUT2D eigenvalue weighted by molar-refractivity contribution is 0.633. The Morgan fingerprint density at radius 1 is 0.250 bits per heavy atom. The molecule has 0 radical (unpaired) electrons. The van der Waals surface area contributed by atoms with E-state index in [1.165, 1.54) is 89.0 Å². The van der Waals surface area contributed by atoms with Crippen molar-refractivity contribution in [1.82, 2.24) is 0 Å². The van der Waals surface area contributed by atoms with Crippen molar-refractivity contribution in [2.24, 2.45) is 0 Å². The Morgan fingerprint density at radius 3 is 1.08 bits per heavy atom. The van der Waals surface area contributed by atoms with Crippen LogP contribution in [0.5, 0.6) is 0 Å². The molecule has 0 saturated heterocycles. The minimum Gasteiger partial charge on any atom is -0.310 e. The number of anilines is 3. The SMILES string of the molecule is CC1(C)c2ccccc2-c2cc(N(c3ccccc3)c3ccc4c(c3)C3(c5ccccc5-c5ccccc53)c3ccccc3C43c4ccccc4-c4ccccc43)ccc21. The molecule has 2 spiro atoms. The molecule has 1 heteroatoms. The first-order chi connectivity index (χ1) is 29.5. The molecule has 0 atom stereocenters. The average molecular weight is 764 g/mol. The van der Waals surface area contributed by atoms with E-state index in [-0.39, 0.29) is 5.41 Å². The van der Waals surface area contributed by atoms with Crippen LogP contribution in [0.2, 0.25) is 0 Å². The largest absolute Gasteiger partial charge is 0.310 e. The van der Waals surface area contributed by atoms with Crippen LogP contribution in [0, 0.1) is 0 Å². The Hall–Kier alpha value is -7.22. The summed E-state index contributed by atoms with van der Waals surface area (Å²) in [5, 5.41) is 0. The zero-order chi connectivity index (χ0) is 39.8. The standard InChI is InChI=1S/C59H41N/c1-57(2)47-25-11-6-24-45(47)46-36-39(32-34-48(46)57)60(38-18-4-3-5-19-38)40-33-35-55-56(37-40)59(51-28-14-9-22-43(51)44-23-10-15-29-52(44)59)54-31-17-16-30-53(54)58(55)49-26-12-7-20-41(49)42-21-8-13-27-50(42)58/h3-37H,1-2H3. The van der Waals surface area contributed by atoms with Crippen LogP contribution in [0.4, 0.5) is 17.1 Å². The van der Waals surface area contributed by atoms with Crippen molar-refractivity contribution in [2.75, 3.05) is 4.90 Å². The van der Waals surface area contributed by atoms with E-state index in [1.807, 2.05) is 0 Å². The summed E-state index contributed by atoms with van der Waals surface area (Å²) in [6.07, 6.45) is 0. The molecule has 0 amide bonds. The van der Waals surface area contributed by atoms with E-state index >= 15 is 0 Å². The highest BCUT2D eigenvalue weighted by molar-refractivity contribution is 5.95. The van der Waals surface area contributed by atoms with Crippen molar-refractivity contribution >= 4 is 17.1 Å². The zero-order valence-corrected chi connectivity index (χ0v) is 33.7. The van der Waals surface area contributed by atoms with Crippen LogP contribution in [0.3, 0.4) is 0 Å². The molecule has 60 heavy (non-hydrogen) atoms. The summed E-state index contributed by atoms with van der Waals surface area (Å²) < 4.78 is 0. The predicted octanol–water partition coefficient (Wildman–Crippen LogP) is 14.5. The molecule has 9 aromatic rings. The van der Waals surface area contributed by atoms with E-state index in [0.717, 1.165) is 17.1 Å². The van der Waals surface area contributed by atoms with E-state index < -0.39 is 10.8 Å². The topological polar surface area (TPSA) is 3.24 Å². The van der Waals surface area contributed by atoms with E-state index in [4.69, 9.17) is 0 Å². The van der Waals surface area contributed by atoms with Crippen molar-refractivity contribution in [2.45, 2.75) is 30.1 Å². The normalized spacial score (nSPS) is 15.6. The minimum absolute atomic E-state index is 0.0704. The number of fused-ring (bicyclic) bond motifs is 19. The maximum absolute atomic E-state index is 2.56. The van der Waals surface area contributed by atoms with Gasteiger partial charge in [0.1, 0.15) is 0 Å². The van der Waals surface area contributed by atoms with Gasteiger partial charge in [-0.15, -0.1) is 0 Å². The Labute approximate surface area is 351 Å². The summed E-state index contributed by atoms with van der Waals surface area (Å²) in [6.45, 7) is 4.72. The van der Waals surface area contributed by atoms with Crippen LogP contribution in [0.1, 0.15) is 69.5 Å². The van der Waals surface area contributed by atoms with Gasteiger partial charge in [0.15, 0.2) is 0 Å². The molecule has 1 nitrogen and oxygen atoms in total. The second-order valence-corrected chi connectivity index (χ2v) is 17.5. The molecule has 9 aromatic carbocycles. The summed E-state index contributed by atoms with van der Waals surface area (Å²) in [5.74, 6) is 0. The molecule has 282 valence electrons. The molecular weight excluding hydrogens is 723 g/mol. The molecule has 0 aliphatic heterocycles. The number of hydrogen-bond acceptors (Lipinski definition) is 1. The Morgan fingerprint density at radius 2 is 0.583 bits per heavy atom. The predicted molar refractivity (Wildman–Crippen MR) is 247 cm³/mol. The Balaban J connectivity index is 1.16. The van der Waals surface area contributed by atoms with Crippen molar-refractivity contribution in [3.05, 3.63) is 268 Å². The van der Waals surface area contributed by atoms with E-state index in [0.29, 0.717) is 0 Å². The first-order valence-electron chi connectivity index (χ1n) is 21.3. The molecule has 4 aliphatic carbocycles. The van der Waals surface area contributed by atoms with Crippen LogP contribution in [0.25, 0.3) is 33.4 Å². The Kier molecular flexibility index (Phi) is 6.71. The molecule has 4 aliphatic rings. The smallest absolute Gasteiger partial charge is 0.0720 e. The zero-order valence-electron chi connectivity index (χ0n) is 33.7. The molecule has 0 saturated carbocycles. The number of rotatable bonds is 3. The fourth-order valence-electron chi connectivity index (χ4n) is 12.2. The van der Waals surface area contributed by atoms with Gasteiger partial charge in [-0.1, -0.05) is 190 Å². The van der Waals surface area contributed by atoms with Crippen LogP contribution in [-0.2, 0) is 16.2 Å². The van der Waals surface area contributed by atoms with Crippen molar-refractivity contribution in [1.29, 1.82) is 0 Å². The number of benzene rings is 9. The van der Waals surface area contributed by atoms with Gasteiger partial charge in [0, 0.05) is 22.5 Å². The third-order valence-corrected chi connectivity index (χ3v) is 14.5. The highest BCUT2D eigenvalue weighted by atomic mass is 15.1. The molecule has 0 unspecified atom stereocenters.